The summed E-state index contributed by atoms with van der Waals surface area (Å²) in [5.41, 5.74) is 9.50. The summed E-state index contributed by atoms with van der Waals surface area (Å²) in [6.07, 6.45) is -6.46. The molecule has 0 saturated heterocycles. The highest BCUT2D eigenvalue weighted by Crippen LogP contribution is 2.15. The number of halogens is 6. The Labute approximate surface area is 100 Å². The fraction of sp³-hybridized carbons (Fsp3) is 0.444. The van der Waals surface area contributed by atoms with Crippen LogP contribution in [0.1, 0.15) is 0 Å². The first-order valence-electron chi connectivity index (χ1n) is 4.30. The van der Waals surface area contributed by atoms with E-state index in [1.54, 1.807) is 0 Å². The molecule has 0 aromatic heterocycles. The van der Waals surface area contributed by atoms with Crippen LogP contribution in [0.25, 0.3) is 0 Å². The Morgan fingerprint density at radius 3 is 1.06 bits per heavy atom. The molecule has 0 spiro atoms. The molecule has 18 heavy (non-hydrogen) atoms. The van der Waals surface area contributed by atoms with Crippen molar-refractivity contribution in [3.05, 3.63) is 24.3 Å². The second kappa shape index (κ2) is 12.1. The van der Waals surface area contributed by atoms with Crippen molar-refractivity contribution in [1.82, 2.24) is 0 Å². The average Bonchev–Trinajstić information content (AvgIpc) is 2.25. The zero-order valence-electron chi connectivity index (χ0n) is 9.26. The van der Waals surface area contributed by atoms with Crippen LogP contribution in [0.3, 0.4) is 0 Å². The van der Waals surface area contributed by atoms with E-state index in [9.17, 15) is 26.3 Å². The lowest BCUT2D eigenvalue weighted by molar-refractivity contribution is -0.0980. The minimum absolute atomic E-state index is 0.0699. The SMILES string of the molecule is C=O.NCC=CC(F)(F)F.NCC=CC(F)(F)F. The predicted octanol–water partition coefficient (Wildman–Crippen LogP) is 1.94. The average molecular weight is 280 g/mol. The van der Waals surface area contributed by atoms with Crippen molar-refractivity contribution >= 4 is 6.79 Å². The van der Waals surface area contributed by atoms with E-state index in [0.29, 0.717) is 0 Å². The molecular formula is C9H14F6N2O. The van der Waals surface area contributed by atoms with Crippen LogP contribution < -0.4 is 11.5 Å². The van der Waals surface area contributed by atoms with E-state index in [1.807, 2.05) is 6.79 Å². The monoisotopic (exact) mass is 280 g/mol. The molecule has 0 amide bonds. The van der Waals surface area contributed by atoms with Gasteiger partial charge in [-0.05, 0) is 0 Å². The lowest BCUT2D eigenvalue weighted by atomic mass is 10.5. The lowest BCUT2D eigenvalue weighted by Crippen LogP contribution is -2.03. The van der Waals surface area contributed by atoms with Gasteiger partial charge in [0.05, 0.1) is 0 Å². The summed E-state index contributed by atoms with van der Waals surface area (Å²) in [6, 6.07) is 0. The second-order valence-corrected chi connectivity index (χ2v) is 2.36. The van der Waals surface area contributed by atoms with E-state index in [1.165, 1.54) is 0 Å². The Kier molecular flexibility index (Phi) is 14.7. The number of rotatable bonds is 2. The van der Waals surface area contributed by atoms with Crippen molar-refractivity contribution in [3.8, 4) is 0 Å². The van der Waals surface area contributed by atoms with Gasteiger partial charge in [-0.15, -0.1) is 0 Å². The van der Waals surface area contributed by atoms with Gasteiger partial charge in [0.1, 0.15) is 6.79 Å². The van der Waals surface area contributed by atoms with Crippen LogP contribution in [0.2, 0.25) is 0 Å². The fourth-order valence-corrected chi connectivity index (χ4v) is 0.403. The van der Waals surface area contributed by atoms with E-state index in [0.717, 1.165) is 12.2 Å². The van der Waals surface area contributed by atoms with Gasteiger partial charge >= 0.3 is 12.4 Å². The first kappa shape index (κ1) is 21.9. The summed E-state index contributed by atoms with van der Waals surface area (Å²) < 4.78 is 66.6. The summed E-state index contributed by atoms with van der Waals surface area (Å²) in [4.78, 5) is 8.00. The maximum absolute atomic E-state index is 11.1. The van der Waals surface area contributed by atoms with Crippen LogP contribution in [0.4, 0.5) is 26.3 Å². The number of carbonyl (C=O) groups excluding carboxylic acids is 1. The maximum atomic E-state index is 11.1. The maximum Gasteiger partial charge on any atom is 0.409 e. The molecule has 0 heterocycles. The van der Waals surface area contributed by atoms with E-state index in [-0.39, 0.29) is 25.2 Å². The first-order chi connectivity index (χ1) is 8.12. The van der Waals surface area contributed by atoms with Crippen LogP contribution in [0.15, 0.2) is 24.3 Å². The van der Waals surface area contributed by atoms with Crippen LogP contribution in [0, 0.1) is 0 Å². The smallest absolute Gasteiger partial charge is 0.327 e. The Morgan fingerprint density at radius 2 is 1.00 bits per heavy atom. The Hall–Kier alpha value is -1.35. The van der Waals surface area contributed by atoms with Gasteiger partial charge in [0.2, 0.25) is 0 Å². The molecule has 0 unspecified atom stereocenters. The molecule has 0 atom stereocenters. The standard InChI is InChI=1S/2C4H6F3N.CH2O/c2*5-4(6,7)2-1-3-8;1-2/h2*1-2H,3,8H2;1H2. The zero-order chi connectivity index (χ0) is 15.2. The second-order valence-electron chi connectivity index (χ2n) is 2.36. The molecule has 0 aliphatic carbocycles. The van der Waals surface area contributed by atoms with Crippen molar-refractivity contribution in [2.45, 2.75) is 12.4 Å². The minimum atomic E-state index is -4.21. The summed E-state index contributed by atoms with van der Waals surface area (Å²) >= 11 is 0. The van der Waals surface area contributed by atoms with Gasteiger partial charge in [0, 0.05) is 25.2 Å². The number of carbonyl (C=O) groups is 1. The third kappa shape index (κ3) is 36.5. The van der Waals surface area contributed by atoms with Crippen molar-refractivity contribution in [2.24, 2.45) is 11.5 Å². The molecule has 0 aliphatic rings. The van der Waals surface area contributed by atoms with Crippen LogP contribution in [-0.2, 0) is 4.79 Å². The topological polar surface area (TPSA) is 69.1 Å². The third-order valence-corrected chi connectivity index (χ3v) is 0.886. The highest BCUT2D eigenvalue weighted by molar-refractivity contribution is 5.11. The number of nitrogens with two attached hydrogens (primary N) is 2. The molecule has 0 aromatic rings. The molecular weight excluding hydrogens is 266 g/mol. The number of allylic oxidation sites excluding steroid dienone is 2. The lowest BCUT2D eigenvalue weighted by Gasteiger charge is -1.94. The highest BCUT2D eigenvalue weighted by Gasteiger charge is 2.21. The highest BCUT2D eigenvalue weighted by atomic mass is 19.4. The molecule has 9 heteroatoms. The van der Waals surface area contributed by atoms with Crippen molar-refractivity contribution in [2.75, 3.05) is 13.1 Å². The number of hydrogen-bond acceptors (Lipinski definition) is 3. The summed E-state index contributed by atoms with van der Waals surface area (Å²) in [6.45, 7) is 1.86. The number of alkyl halides is 6. The van der Waals surface area contributed by atoms with E-state index < -0.39 is 12.4 Å². The molecule has 108 valence electrons. The van der Waals surface area contributed by atoms with Crippen molar-refractivity contribution in [3.63, 3.8) is 0 Å². The minimum Gasteiger partial charge on any atom is -0.327 e. The fourth-order valence-electron chi connectivity index (χ4n) is 0.403. The quantitative estimate of drug-likeness (QED) is 0.600. The summed E-state index contributed by atoms with van der Waals surface area (Å²) in [7, 11) is 0. The van der Waals surface area contributed by atoms with Crippen molar-refractivity contribution < 1.29 is 31.1 Å². The van der Waals surface area contributed by atoms with Gasteiger partial charge in [-0.3, -0.25) is 0 Å². The van der Waals surface area contributed by atoms with Gasteiger partial charge < -0.3 is 16.3 Å². The number of hydrogen-bond donors (Lipinski definition) is 2. The molecule has 0 radical (unpaired) electrons. The first-order valence-corrected chi connectivity index (χ1v) is 4.30. The van der Waals surface area contributed by atoms with Gasteiger partial charge in [0.15, 0.2) is 0 Å². The van der Waals surface area contributed by atoms with Crippen LogP contribution >= 0.6 is 0 Å². The molecule has 0 fully saturated rings. The normalized spacial score (nSPS) is 11.8. The van der Waals surface area contributed by atoms with Gasteiger partial charge in [0.25, 0.3) is 0 Å². The Morgan fingerprint density at radius 1 is 0.778 bits per heavy atom. The Bertz CT molecular complexity index is 210. The predicted molar refractivity (Wildman–Crippen MR) is 55.6 cm³/mol. The molecule has 4 N–H and O–H groups in total. The zero-order valence-corrected chi connectivity index (χ0v) is 9.26. The molecule has 0 aromatic carbocycles. The van der Waals surface area contributed by atoms with E-state index in [2.05, 4.69) is 0 Å². The van der Waals surface area contributed by atoms with Gasteiger partial charge in [-0.25, -0.2) is 0 Å². The van der Waals surface area contributed by atoms with Crippen molar-refractivity contribution in [1.29, 1.82) is 0 Å². The third-order valence-electron chi connectivity index (χ3n) is 0.886. The van der Waals surface area contributed by atoms with Crippen LogP contribution in [0.5, 0.6) is 0 Å². The van der Waals surface area contributed by atoms with Gasteiger partial charge in [-0.2, -0.15) is 26.3 Å². The Balaban J connectivity index is -0.000000219. The van der Waals surface area contributed by atoms with Crippen LogP contribution in [-0.4, -0.2) is 32.2 Å². The largest absolute Gasteiger partial charge is 0.409 e. The molecule has 0 rings (SSSR count). The van der Waals surface area contributed by atoms with E-state index >= 15 is 0 Å². The molecule has 3 nitrogen and oxygen atoms in total. The summed E-state index contributed by atoms with van der Waals surface area (Å²) in [5.74, 6) is 0. The van der Waals surface area contributed by atoms with Gasteiger partial charge in [-0.1, -0.05) is 12.2 Å². The molecule has 0 aliphatic heterocycles. The van der Waals surface area contributed by atoms with E-state index in [4.69, 9.17) is 16.3 Å². The summed E-state index contributed by atoms with van der Waals surface area (Å²) in [5, 5.41) is 0. The molecule has 0 bridgehead atoms. The molecule has 0 saturated carbocycles.